The Balaban J connectivity index is 1.86. The molecule has 0 bridgehead atoms. The Morgan fingerprint density at radius 2 is 1.90 bits per heavy atom. The molecule has 0 aliphatic heterocycles. The summed E-state index contributed by atoms with van der Waals surface area (Å²) in [6, 6.07) is 7.71. The van der Waals surface area contributed by atoms with Crippen molar-refractivity contribution in [3.05, 3.63) is 65.2 Å². The molecular formula is C22H24FN5O2. The first-order valence-corrected chi connectivity index (χ1v) is 9.60. The van der Waals surface area contributed by atoms with Gasteiger partial charge in [-0.15, -0.1) is 0 Å². The second-order valence-electron chi connectivity index (χ2n) is 7.46. The number of amides is 2. The minimum Gasteiger partial charge on any atom is -0.352 e. The van der Waals surface area contributed by atoms with E-state index in [1.807, 2.05) is 13.8 Å². The number of rotatable bonds is 6. The summed E-state index contributed by atoms with van der Waals surface area (Å²) in [5, 5.41) is 9.52. The molecule has 0 spiro atoms. The number of carbonyl (C=O) groups is 2. The van der Waals surface area contributed by atoms with E-state index in [0.717, 1.165) is 0 Å². The van der Waals surface area contributed by atoms with Gasteiger partial charge in [0.2, 0.25) is 0 Å². The van der Waals surface area contributed by atoms with Crippen molar-refractivity contribution in [1.29, 1.82) is 0 Å². The summed E-state index contributed by atoms with van der Waals surface area (Å²) in [6.45, 7) is 6.21. The predicted molar refractivity (Wildman–Crippen MR) is 113 cm³/mol. The van der Waals surface area contributed by atoms with Gasteiger partial charge in [0.15, 0.2) is 0 Å². The summed E-state index contributed by atoms with van der Waals surface area (Å²) in [5.41, 5.74) is 1.91. The molecule has 156 valence electrons. The minimum absolute atomic E-state index is 0.162. The van der Waals surface area contributed by atoms with Crippen molar-refractivity contribution >= 4 is 17.6 Å². The van der Waals surface area contributed by atoms with E-state index in [4.69, 9.17) is 0 Å². The van der Waals surface area contributed by atoms with Crippen molar-refractivity contribution in [1.82, 2.24) is 20.1 Å². The summed E-state index contributed by atoms with van der Waals surface area (Å²) < 4.78 is 16.0. The predicted octanol–water partition coefficient (Wildman–Crippen LogP) is 3.57. The number of aromatic nitrogens is 3. The number of carbonyl (C=O) groups excluding carboxylic acids is 2. The van der Waals surface area contributed by atoms with Crippen LogP contribution in [-0.2, 0) is 7.05 Å². The molecule has 2 amide bonds. The normalized spacial score (nSPS) is 10.9. The maximum atomic E-state index is 14.5. The first-order valence-electron chi connectivity index (χ1n) is 9.60. The average Bonchev–Trinajstić information content (AvgIpc) is 3.12. The summed E-state index contributed by atoms with van der Waals surface area (Å²) in [5.74, 6) is -0.342. The molecule has 2 N–H and O–H groups in total. The number of aryl methyl sites for hydroxylation is 1. The second-order valence-corrected chi connectivity index (χ2v) is 7.46. The van der Waals surface area contributed by atoms with Crippen LogP contribution in [-0.4, -0.2) is 33.1 Å². The van der Waals surface area contributed by atoms with E-state index in [1.165, 1.54) is 16.9 Å². The maximum Gasteiger partial charge on any atom is 0.256 e. The van der Waals surface area contributed by atoms with Crippen molar-refractivity contribution in [3.63, 3.8) is 0 Å². The van der Waals surface area contributed by atoms with Crippen molar-refractivity contribution in [2.24, 2.45) is 13.0 Å². The van der Waals surface area contributed by atoms with Crippen molar-refractivity contribution < 1.29 is 14.0 Å². The molecule has 0 fully saturated rings. The van der Waals surface area contributed by atoms with Crippen LogP contribution < -0.4 is 10.6 Å². The number of nitrogens with zero attached hydrogens (tertiary/aromatic N) is 3. The number of pyridine rings is 1. The van der Waals surface area contributed by atoms with E-state index in [-0.39, 0.29) is 11.5 Å². The topological polar surface area (TPSA) is 88.9 Å². The molecule has 0 atom stereocenters. The second kappa shape index (κ2) is 8.86. The Morgan fingerprint density at radius 1 is 1.13 bits per heavy atom. The smallest absolute Gasteiger partial charge is 0.256 e. The zero-order valence-electron chi connectivity index (χ0n) is 17.4. The number of hydrogen-bond acceptors (Lipinski definition) is 4. The lowest BCUT2D eigenvalue weighted by Gasteiger charge is -2.12. The zero-order chi connectivity index (χ0) is 21.8. The van der Waals surface area contributed by atoms with Gasteiger partial charge in [0.1, 0.15) is 11.6 Å². The van der Waals surface area contributed by atoms with Crippen molar-refractivity contribution in [2.45, 2.75) is 20.8 Å². The molecule has 7 nitrogen and oxygen atoms in total. The quantitative estimate of drug-likeness (QED) is 0.651. The first kappa shape index (κ1) is 21.2. The van der Waals surface area contributed by atoms with Crippen molar-refractivity contribution in [2.75, 3.05) is 11.9 Å². The van der Waals surface area contributed by atoms with E-state index in [1.54, 1.807) is 44.4 Å². The molecule has 0 saturated heterocycles. The summed E-state index contributed by atoms with van der Waals surface area (Å²) in [6.07, 6.45) is 3.00. The van der Waals surface area contributed by atoms with E-state index < -0.39 is 11.7 Å². The number of benzene rings is 1. The molecule has 0 aliphatic rings. The average molecular weight is 409 g/mol. The molecule has 0 radical (unpaired) electrons. The molecule has 1 aromatic carbocycles. The summed E-state index contributed by atoms with van der Waals surface area (Å²) >= 11 is 0. The third-order valence-corrected chi connectivity index (χ3v) is 4.64. The van der Waals surface area contributed by atoms with E-state index in [2.05, 4.69) is 20.7 Å². The molecule has 3 aromatic rings. The Kier molecular flexibility index (Phi) is 6.25. The highest BCUT2D eigenvalue weighted by molar-refractivity contribution is 6.04. The molecule has 8 heteroatoms. The number of halogens is 1. The van der Waals surface area contributed by atoms with Gasteiger partial charge in [-0.2, -0.15) is 5.10 Å². The number of hydrogen-bond donors (Lipinski definition) is 2. The zero-order valence-corrected chi connectivity index (χ0v) is 17.4. The fraction of sp³-hybridized carbons (Fsp3) is 0.273. The molecule has 3 rings (SSSR count). The van der Waals surface area contributed by atoms with Crippen LogP contribution in [0.2, 0.25) is 0 Å². The van der Waals surface area contributed by atoms with Crippen molar-refractivity contribution in [3.8, 4) is 11.3 Å². The Morgan fingerprint density at radius 3 is 2.50 bits per heavy atom. The Labute approximate surface area is 174 Å². The standard InChI is InChI=1S/C22H24FN5O2/c1-13(2)11-25-21(29)15-5-6-19(24-12-15)17-9-16(10-18(23)14(17)3)22(30)27-20-7-8-26-28(20)4/h5-10,12-13H,11H2,1-4H3,(H,25,29)(H,27,30). The molecule has 0 aliphatic carbocycles. The largest absolute Gasteiger partial charge is 0.352 e. The molecule has 2 heterocycles. The van der Waals surface area contributed by atoms with E-state index >= 15 is 0 Å². The third kappa shape index (κ3) is 4.71. The van der Waals surface area contributed by atoms with Crippen LogP contribution >= 0.6 is 0 Å². The highest BCUT2D eigenvalue weighted by atomic mass is 19.1. The van der Waals surface area contributed by atoms with Gasteiger partial charge in [0.05, 0.1) is 17.5 Å². The lowest BCUT2D eigenvalue weighted by Crippen LogP contribution is -2.27. The van der Waals surface area contributed by atoms with Gasteiger partial charge >= 0.3 is 0 Å². The monoisotopic (exact) mass is 409 g/mol. The van der Waals surface area contributed by atoms with Crippen LogP contribution in [0.15, 0.2) is 42.7 Å². The van der Waals surface area contributed by atoms with Gasteiger partial charge in [0.25, 0.3) is 11.8 Å². The van der Waals surface area contributed by atoms with Gasteiger partial charge in [-0.3, -0.25) is 19.3 Å². The molecule has 30 heavy (non-hydrogen) atoms. The maximum absolute atomic E-state index is 14.5. The fourth-order valence-electron chi connectivity index (χ4n) is 2.85. The van der Waals surface area contributed by atoms with Crippen LogP contribution in [0.5, 0.6) is 0 Å². The fourth-order valence-corrected chi connectivity index (χ4v) is 2.85. The Hall–Kier alpha value is -3.55. The van der Waals surface area contributed by atoms with E-state index in [9.17, 15) is 14.0 Å². The van der Waals surface area contributed by atoms with Crippen LogP contribution in [0, 0.1) is 18.7 Å². The van der Waals surface area contributed by atoms with Crippen LogP contribution in [0.4, 0.5) is 10.2 Å². The van der Waals surface area contributed by atoms with Crippen LogP contribution in [0.1, 0.15) is 40.1 Å². The SMILES string of the molecule is Cc1c(F)cc(C(=O)Nc2ccnn2C)cc1-c1ccc(C(=O)NCC(C)C)cn1. The molecule has 0 saturated carbocycles. The van der Waals surface area contributed by atoms with Gasteiger partial charge < -0.3 is 10.6 Å². The lowest BCUT2D eigenvalue weighted by atomic mass is 10.00. The molecule has 2 aromatic heterocycles. The minimum atomic E-state index is -0.511. The molecule has 0 unspecified atom stereocenters. The lowest BCUT2D eigenvalue weighted by molar-refractivity contribution is 0.0948. The van der Waals surface area contributed by atoms with Crippen LogP contribution in [0.3, 0.4) is 0 Å². The summed E-state index contributed by atoms with van der Waals surface area (Å²) in [4.78, 5) is 29.1. The van der Waals surface area contributed by atoms with Gasteiger partial charge in [-0.25, -0.2) is 4.39 Å². The van der Waals surface area contributed by atoms with E-state index in [0.29, 0.717) is 40.7 Å². The highest BCUT2D eigenvalue weighted by Crippen LogP contribution is 2.26. The Bertz CT molecular complexity index is 1070. The number of nitrogens with one attached hydrogen (secondary N) is 2. The van der Waals surface area contributed by atoms with Crippen LogP contribution in [0.25, 0.3) is 11.3 Å². The highest BCUT2D eigenvalue weighted by Gasteiger charge is 2.16. The molecular weight excluding hydrogens is 385 g/mol. The van der Waals surface area contributed by atoms with Gasteiger partial charge in [-0.05, 0) is 42.7 Å². The third-order valence-electron chi connectivity index (χ3n) is 4.64. The number of anilines is 1. The van der Waals surface area contributed by atoms with Gasteiger partial charge in [-0.1, -0.05) is 13.8 Å². The van der Waals surface area contributed by atoms with Gasteiger partial charge in [0, 0.05) is 37.0 Å². The first-order chi connectivity index (χ1) is 14.3. The summed E-state index contributed by atoms with van der Waals surface area (Å²) in [7, 11) is 1.69.